The number of benzene rings is 3. The summed E-state index contributed by atoms with van der Waals surface area (Å²) in [6, 6.07) is 16.3. The van der Waals surface area contributed by atoms with E-state index < -0.39 is 5.97 Å². The summed E-state index contributed by atoms with van der Waals surface area (Å²) in [5.41, 5.74) is 6.49. The number of hydrogen-bond donors (Lipinski definition) is 1. The lowest BCUT2D eigenvalue weighted by atomic mass is 10.1. The second kappa shape index (κ2) is 9.47. The molecular weight excluding hydrogens is 390 g/mol. The van der Waals surface area contributed by atoms with E-state index >= 15 is 0 Å². The molecule has 3 aromatic carbocycles. The lowest BCUT2D eigenvalue weighted by Crippen LogP contribution is -2.18. The average molecular weight is 418 g/mol. The van der Waals surface area contributed by atoms with Crippen LogP contribution in [0.5, 0.6) is 11.5 Å². The van der Waals surface area contributed by atoms with Gasteiger partial charge in [-0.25, -0.2) is 4.79 Å². The van der Waals surface area contributed by atoms with Crippen molar-refractivity contribution in [1.82, 2.24) is 0 Å². The van der Waals surface area contributed by atoms with Crippen LogP contribution >= 0.6 is 0 Å². The number of rotatable bonds is 6. The van der Waals surface area contributed by atoms with Gasteiger partial charge in [-0.05, 0) is 98.8 Å². The Labute approximate surface area is 183 Å². The molecule has 0 aromatic heterocycles. The maximum absolute atomic E-state index is 12.5. The van der Waals surface area contributed by atoms with E-state index in [1.54, 1.807) is 24.3 Å². The van der Waals surface area contributed by atoms with Gasteiger partial charge in [-0.1, -0.05) is 18.2 Å². The molecule has 1 amide bonds. The van der Waals surface area contributed by atoms with E-state index in [1.807, 2.05) is 58.9 Å². The Kier molecular flexibility index (Phi) is 6.75. The monoisotopic (exact) mass is 417 g/mol. The summed E-state index contributed by atoms with van der Waals surface area (Å²) in [5, 5.41) is 2.91. The smallest absolute Gasteiger partial charge is 0.349 e. The first-order chi connectivity index (χ1) is 14.7. The van der Waals surface area contributed by atoms with Gasteiger partial charge in [0.15, 0.2) is 6.61 Å². The molecule has 0 radical (unpaired) electrons. The lowest BCUT2D eigenvalue weighted by molar-refractivity contribution is -0.136. The van der Waals surface area contributed by atoms with Crippen molar-refractivity contribution in [3.05, 3.63) is 88.0 Å². The Hall–Kier alpha value is -3.60. The van der Waals surface area contributed by atoms with E-state index in [4.69, 9.17) is 9.47 Å². The van der Waals surface area contributed by atoms with E-state index in [0.717, 1.165) is 33.5 Å². The van der Waals surface area contributed by atoms with Crippen molar-refractivity contribution in [3.63, 3.8) is 0 Å². The molecule has 0 aliphatic carbocycles. The Morgan fingerprint density at radius 3 is 2.23 bits per heavy atom. The quantitative estimate of drug-likeness (QED) is 0.427. The van der Waals surface area contributed by atoms with E-state index in [9.17, 15) is 9.59 Å². The molecule has 0 fully saturated rings. The Balaban J connectivity index is 1.58. The van der Waals surface area contributed by atoms with Crippen LogP contribution in [0, 0.1) is 34.6 Å². The van der Waals surface area contributed by atoms with Crippen LogP contribution in [0.2, 0.25) is 0 Å². The maximum atomic E-state index is 12.5. The largest absolute Gasteiger partial charge is 0.482 e. The minimum Gasteiger partial charge on any atom is -0.482 e. The molecule has 5 nitrogen and oxygen atoms in total. The zero-order valence-electron chi connectivity index (χ0n) is 18.5. The predicted octanol–water partition coefficient (Wildman–Crippen LogP) is 5.47. The van der Waals surface area contributed by atoms with Gasteiger partial charge < -0.3 is 14.8 Å². The fourth-order valence-electron chi connectivity index (χ4n) is 3.19. The standard InChI is InChI=1S/C26H27NO4/c1-16-6-7-18(3)23(13-16)27-26(29)21-8-10-22(11-9-21)31-25(28)15-30-24-14-17(2)12-19(4)20(24)5/h6-14H,15H2,1-5H3,(H,27,29). The Morgan fingerprint density at radius 2 is 1.52 bits per heavy atom. The van der Waals surface area contributed by atoms with Crippen LogP contribution in [0.3, 0.4) is 0 Å². The van der Waals surface area contributed by atoms with E-state index in [2.05, 4.69) is 11.4 Å². The molecule has 5 heteroatoms. The van der Waals surface area contributed by atoms with Crippen LogP contribution in [0.1, 0.15) is 38.2 Å². The Morgan fingerprint density at radius 1 is 0.806 bits per heavy atom. The number of carbonyl (C=O) groups is 2. The van der Waals surface area contributed by atoms with Crippen molar-refractivity contribution < 1.29 is 19.1 Å². The molecule has 0 spiro atoms. The predicted molar refractivity (Wildman–Crippen MR) is 122 cm³/mol. The highest BCUT2D eigenvalue weighted by Gasteiger charge is 2.12. The molecule has 3 aromatic rings. The first kappa shape index (κ1) is 22.1. The summed E-state index contributed by atoms with van der Waals surface area (Å²) in [5.74, 6) is 0.299. The third kappa shape index (κ3) is 5.72. The van der Waals surface area contributed by atoms with Gasteiger partial charge >= 0.3 is 5.97 Å². The normalized spacial score (nSPS) is 10.5. The van der Waals surface area contributed by atoms with Gasteiger partial charge in [0, 0.05) is 11.3 Å². The highest BCUT2D eigenvalue weighted by atomic mass is 16.6. The van der Waals surface area contributed by atoms with Gasteiger partial charge in [0.25, 0.3) is 5.91 Å². The van der Waals surface area contributed by atoms with Crippen LogP contribution < -0.4 is 14.8 Å². The molecule has 160 valence electrons. The van der Waals surface area contributed by atoms with Gasteiger partial charge in [-0.15, -0.1) is 0 Å². The molecule has 0 aliphatic rings. The van der Waals surface area contributed by atoms with Gasteiger partial charge in [0.1, 0.15) is 11.5 Å². The molecule has 3 rings (SSSR count). The summed E-state index contributed by atoms with van der Waals surface area (Å²) in [4.78, 5) is 24.7. The number of esters is 1. The fourth-order valence-corrected chi connectivity index (χ4v) is 3.19. The molecule has 0 saturated carbocycles. The van der Waals surface area contributed by atoms with Crippen molar-refractivity contribution >= 4 is 17.6 Å². The number of nitrogens with one attached hydrogen (secondary N) is 1. The lowest BCUT2D eigenvalue weighted by Gasteiger charge is -2.12. The number of anilines is 1. The number of carbonyl (C=O) groups excluding carboxylic acids is 2. The first-order valence-electron chi connectivity index (χ1n) is 10.1. The van der Waals surface area contributed by atoms with Crippen molar-refractivity contribution in [3.8, 4) is 11.5 Å². The highest BCUT2D eigenvalue weighted by Crippen LogP contribution is 2.23. The summed E-state index contributed by atoms with van der Waals surface area (Å²) in [6.45, 7) is 9.67. The Bertz CT molecular complexity index is 1120. The topological polar surface area (TPSA) is 64.6 Å². The molecule has 31 heavy (non-hydrogen) atoms. The third-order valence-corrected chi connectivity index (χ3v) is 5.10. The zero-order valence-corrected chi connectivity index (χ0v) is 18.5. The fraction of sp³-hybridized carbons (Fsp3) is 0.231. The second-order valence-electron chi connectivity index (χ2n) is 7.76. The summed E-state index contributed by atoms with van der Waals surface area (Å²) >= 11 is 0. The average Bonchev–Trinajstić information content (AvgIpc) is 2.72. The third-order valence-electron chi connectivity index (χ3n) is 5.10. The minimum atomic E-state index is -0.508. The van der Waals surface area contributed by atoms with Crippen LogP contribution in [-0.4, -0.2) is 18.5 Å². The van der Waals surface area contributed by atoms with Crippen molar-refractivity contribution in [2.75, 3.05) is 11.9 Å². The second-order valence-corrected chi connectivity index (χ2v) is 7.76. The van der Waals surface area contributed by atoms with Crippen LogP contribution in [0.25, 0.3) is 0 Å². The number of aryl methyl sites for hydroxylation is 4. The van der Waals surface area contributed by atoms with Crippen LogP contribution in [0.4, 0.5) is 5.69 Å². The van der Waals surface area contributed by atoms with E-state index in [1.165, 1.54) is 0 Å². The molecule has 0 aliphatic heterocycles. The number of ether oxygens (including phenoxy) is 2. The van der Waals surface area contributed by atoms with Crippen LogP contribution in [0.15, 0.2) is 54.6 Å². The molecule has 0 saturated heterocycles. The number of amides is 1. The van der Waals surface area contributed by atoms with Crippen molar-refractivity contribution in [2.24, 2.45) is 0 Å². The van der Waals surface area contributed by atoms with Crippen molar-refractivity contribution in [1.29, 1.82) is 0 Å². The SMILES string of the molecule is Cc1ccc(C)c(NC(=O)c2ccc(OC(=O)COc3cc(C)cc(C)c3C)cc2)c1. The molecule has 1 N–H and O–H groups in total. The summed E-state index contributed by atoms with van der Waals surface area (Å²) in [7, 11) is 0. The van der Waals surface area contributed by atoms with Crippen LogP contribution in [-0.2, 0) is 4.79 Å². The molecule has 0 atom stereocenters. The highest BCUT2D eigenvalue weighted by molar-refractivity contribution is 6.04. The first-order valence-corrected chi connectivity index (χ1v) is 10.1. The van der Waals surface area contributed by atoms with Gasteiger partial charge in [-0.3, -0.25) is 4.79 Å². The summed E-state index contributed by atoms with van der Waals surface area (Å²) in [6.07, 6.45) is 0. The molecule has 0 unspecified atom stereocenters. The maximum Gasteiger partial charge on any atom is 0.349 e. The summed E-state index contributed by atoms with van der Waals surface area (Å²) < 4.78 is 11.0. The van der Waals surface area contributed by atoms with Crippen molar-refractivity contribution in [2.45, 2.75) is 34.6 Å². The number of hydrogen-bond acceptors (Lipinski definition) is 4. The van der Waals surface area contributed by atoms with Gasteiger partial charge in [-0.2, -0.15) is 0 Å². The van der Waals surface area contributed by atoms with Gasteiger partial charge in [0.2, 0.25) is 0 Å². The molecule has 0 heterocycles. The van der Waals surface area contributed by atoms with E-state index in [0.29, 0.717) is 17.1 Å². The van der Waals surface area contributed by atoms with E-state index in [-0.39, 0.29) is 12.5 Å². The minimum absolute atomic E-state index is 0.196. The molecular formula is C26H27NO4. The van der Waals surface area contributed by atoms with Gasteiger partial charge in [0.05, 0.1) is 0 Å². The molecule has 0 bridgehead atoms. The zero-order chi connectivity index (χ0) is 22.5.